The van der Waals surface area contributed by atoms with Crippen molar-refractivity contribution in [1.29, 1.82) is 0 Å². The molecule has 0 fully saturated rings. The molecule has 0 aromatic heterocycles. The highest BCUT2D eigenvalue weighted by Gasteiger charge is 2.36. The average molecular weight is 563 g/mol. The minimum atomic E-state index is -0.416. The maximum atomic E-state index is 3.50. The van der Waals surface area contributed by atoms with Crippen LogP contribution in [0.25, 0.3) is 0 Å². The zero-order valence-corrected chi connectivity index (χ0v) is 24.7. The van der Waals surface area contributed by atoms with Gasteiger partial charge in [-0.05, 0) is 45.2 Å². The van der Waals surface area contributed by atoms with Crippen molar-refractivity contribution in [2.45, 2.75) is 23.7 Å². The zero-order chi connectivity index (χ0) is 29.9. The molecule has 0 atom stereocenters. The molecule has 0 aliphatic heterocycles. The van der Waals surface area contributed by atoms with Gasteiger partial charge >= 0.3 is 0 Å². The molecule has 0 heteroatoms. The molecule has 0 aliphatic carbocycles. The molecule has 0 nitrogen and oxygen atoms in total. The van der Waals surface area contributed by atoms with E-state index in [1.54, 1.807) is 0 Å². The van der Waals surface area contributed by atoms with Crippen molar-refractivity contribution in [3.05, 3.63) is 215 Å². The van der Waals surface area contributed by atoms with E-state index < -0.39 is 10.8 Å². The van der Waals surface area contributed by atoms with Crippen molar-refractivity contribution in [2.75, 3.05) is 0 Å². The Kier molecular flexibility index (Phi) is 8.83. The second-order valence-corrected chi connectivity index (χ2v) is 11.0. The molecule has 6 aromatic rings. The lowest BCUT2D eigenvalue weighted by Crippen LogP contribution is -2.29. The quantitative estimate of drug-likeness (QED) is 0.128. The van der Waals surface area contributed by atoms with Gasteiger partial charge in [0.2, 0.25) is 0 Å². The predicted molar refractivity (Wildman–Crippen MR) is 183 cm³/mol. The molecule has 0 N–H and O–H groups in total. The summed E-state index contributed by atoms with van der Waals surface area (Å²) in [6, 6.07) is 64.3. The summed E-state index contributed by atoms with van der Waals surface area (Å²) in [5.41, 5.74) is 6.48. The second kappa shape index (κ2) is 13.6. The first-order valence-electron chi connectivity index (χ1n) is 15.1. The smallest absolute Gasteiger partial charge is 0.0560 e. The Balaban J connectivity index is 1.41. The van der Waals surface area contributed by atoms with Gasteiger partial charge in [-0.15, -0.1) is 0 Å². The van der Waals surface area contributed by atoms with Crippen molar-refractivity contribution < 1.29 is 0 Å². The van der Waals surface area contributed by atoms with Crippen LogP contribution in [0.2, 0.25) is 0 Å². The molecule has 0 heterocycles. The van der Waals surface area contributed by atoms with Crippen molar-refractivity contribution >= 4 is 0 Å². The van der Waals surface area contributed by atoms with E-state index >= 15 is 0 Å². The van der Waals surface area contributed by atoms with Crippen LogP contribution >= 0.6 is 0 Å². The van der Waals surface area contributed by atoms with Crippen LogP contribution in [0, 0.1) is 23.7 Å². The second-order valence-electron chi connectivity index (χ2n) is 11.0. The Labute approximate surface area is 262 Å². The summed E-state index contributed by atoms with van der Waals surface area (Å²) in [5, 5.41) is 0. The maximum Gasteiger partial charge on any atom is 0.0560 e. The third kappa shape index (κ3) is 5.72. The van der Waals surface area contributed by atoms with Crippen molar-refractivity contribution in [3.8, 4) is 23.7 Å². The van der Waals surface area contributed by atoms with Crippen LogP contribution in [0.3, 0.4) is 0 Å². The highest BCUT2D eigenvalue weighted by molar-refractivity contribution is 5.54. The number of hydrogen-bond donors (Lipinski definition) is 0. The summed E-state index contributed by atoms with van der Waals surface area (Å²) < 4.78 is 0. The Hall–Kier alpha value is -5.56. The zero-order valence-electron chi connectivity index (χ0n) is 24.7. The Morgan fingerprint density at radius 2 is 0.455 bits per heavy atom. The molecule has 0 saturated carbocycles. The van der Waals surface area contributed by atoms with Crippen LogP contribution in [0.5, 0.6) is 0 Å². The van der Waals surface area contributed by atoms with Gasteiger partial charge in [-0.1, -0.05) is 194 Å². The molecule has 0 radical (unpaired) electrons. The highest BCUT2D eigenvalue weighted by atomic mass is 14.4. The third-order valence-corrected chi connectivity index (χ3v) is 8.55. The van der Waals surface area contributed by atoms with Crippen LogP contribution < -0.4 is 0 Å². The first-order chi connectivity index (χ1) is 21.8. The van der Waals surface area contributed by atoms with Gasteiger partial charge in [0.05, 0.1) is 10.8 Å². The van der Waals surface area contributed by atoms with Gasteiger partial charge in [0.15, 0.2) is 0 Å². The van der Waals surface area contributed by atoms with Crippen LogP contribution in [0.1, 0.15) is 46.2 Å². The minimum absolute atomic E-state index is 0.416. The monoisotopic (exact) mass is 562 g/mol. The third-order valence-electron chi connectivity index (χ3n) is 8.55. The van der Waals surface area contributed by atoms with Gasteiger partial charge in [-0.25, -0.2) is 0 Å². The molecule has 0 saturated heterocycles. The van der Waals surface area contributed by atoms with E-state index in [-0.39, 0.29) is 0 Å². The van der Waals surface area contributed by atoms with E-state index in [4.69, 9.17) is 0 Å². The molecule has 0 aliphatic rings. The summed E-state index contributed by atoms with van der Waals surface area (Å²) in [7, 11) is 0. The van der Waals surface area contributed by atoms with E-state index in [9.17, 15) is 0 Å². The first-order valence-corrected chi connectivity index (χ1v) is 15.1. The standard InChI is InChI=1S/C44H34/c1(21-35-43(37-23-9-3-10-24-37,38-25-11-4-12-26-38)39-27-13-5-14-28-39)2-22-36-44(40-29-15-6-16-30-40,41-31-17-7-18-32-41)42-33-19-8-20-34-42/h3-20,23-34H,35-36H2. The van der Waals surface area contributed by atoms with Crippen molar-refractivity contribution in [3.63, 3.8) is 0 Å². The summed E-state index contributed by atoms with van der Waals surface area (Å²) in [4.78, 5) is 0. The van der Waals surface area contributed by atoms with Crippen LogP contribution in [-0.4, -0.2) is 0 Å². The lowest BCUT2D eigenvalue weighted by atomic mass is 9.67. The summed E-state index contributed by atoms with van der Waals surface area (Å²) in [6.07, 6.45) is 1.22. The Bertz CT molecular complexity index is 1530. The van der Waals surface area contributed by atoms with Gasteiger partial charge < -0.3 is 0 Å². The molecule has 210 valence electrons. The molecule has 0 unspecified atom stereocenters. The Morgan fingerprint density at radius 3 is 0.636 bits per heavy atom. The van der Waals surface area contributed by atoms with E-state index in [0.717, 1.165) is 0 Å². The average Bonchev–Trinajstić information content (AvgIpc) is 3.12. The fourth-order valence-corrected chi connectivity index (χ4v) is 6.39. The maximum absolute atomic E-state index is 3.50. The summed E-state index contributed by atoms with van der Waals surface area (Å²) >= 11 is 0. The van der Waals surface area contributed by atoms with Crippen LogP contribution in [-0.2, 0) is 10.8 Å². The molecule has 0 bridgehead atoms. The topological polar surface area (TPSA) is 0 Å². The molecule has 6 rings (SSSR count). The molecular formula is C44H34. The molecule has 44 heavy (non-hydrogen) atoms. The molecule has 0 amide bonds. The van der Waals surface area contributed by atoms with Crippen LogP contribution in [0.15, 0.2) is 182 Å². The minimum Gasteiger partial charge on any atom is -0.0875 e. The molecular weight excluding hydrogens is 528 g/mol. The van der Waals surface area contributed by atoms with Gasteiger partial charge in [-0.2, -0.15) is 0 Å². The number of benzene rings is 6. The first kappa shape index (κ1) is 28.6. The SMILES string of the molecule is C(C#CCC(c1ccccc1)(c1ccccc1)c1ccccc1)#CCC(c1ccccc1)(c1ccccc1)c1ccccc1. The fraction of sp³-hybridized carbons (Fsp3) is 0.0909. The van der Waals surface area contributed by atoms with E-state index in [1.807, 2.05) is 0 Å². The number of rotatable bonds is 8. The summed E-state index contributed by atoms with van der Waals surface area (Å²) in [6.45, 7) is 0. The lowest BCUT2D eigenvalue weighted by molar-refractivity contribution is 0.637. The van der Waals surface area contributed by atoms with Gasteiger partial charge in [0.1, 0.15) is 0 Å². The van der Waals surface area contributed by atoms with E-state index in [0.29, 0.717) is 12.8 Å². The molecule has 6 aromatic carbocycles. The fourth-order valence-electron chi connectivity index (χ4n) is 6.39. The van der Waals surface area contributed by atoms with Crippen molar-refractivity contribution in [2.24, 2.45) is 0 Å². The van der Waals surface area contributed by atoms with Gasteiger partial charge in [0.25, 0.3) is 0 Å². The van der Waals surface area contributed by atoms with Gasteiger partial charge in [-0.3, -0.25) is 0 Å². The lowest BCUT2D eigenvalue weighted by Gasteiger charge is -2.34. The Morgan fingerprint density at radius 1 is 0.273 bits per heavy atom. The van der Waals surface area contributed by atoms with E-state index in [2.05, 4.69) is 206 Å². The largest absolute Gasteiger partial charge is 0.0875 e. The van der Waals surface area contributed by atoms with E-state index in [1.165, 1.54) is 33.4 Å². The number of hydrogen-bond acceptors (Lipinski definition) is 0. The molecule has 0 spiro atoms. The predicted octanol–water partition coefficient (Wildman–Crippen LogP) is 9.84. The highest BCUT2D eigenvalue weighted by Crippen LogP contribution is 2.43. The van der Waals surface area contributed by atoms with Crippen LogP contribution in [0.4, 0.5) is 0 Å². The van der Waals surface area contributed by atoms with Crippen molar-refractivity contribution in [1.82, 2.24) is 0 Å². The normalized spacial score (nSPS) is 11.0. The summed E-state index contributed by atoms with van der Waals surface area (Å²) in [5.74, 6) is 13.5. The van der Waals surface area contributed by atoms with Gasteiger partial charge in [0, 0.05) is 12.8 Å².